The number of morpholine rings is 1. The Hall–Kier alpha value is -2.35. The van der Waals surface area contributed by atoms with Gasteiger partial charge in [-0.05, 0) is 12.1 Å². The summed E-state index contributed by atoms with van der Waals surface area (Å²) < 4.78 is 11.0. The van der Waals surface area contributed by atoms with Gasteiger partial charge in [0, 0.05) is 30.4 Å². The maximum absolute atomic E-state index is 11.1. The molecule has 4 N–H and O–H groups in total. The van der Waals surface area contributed by atoms with Gasteiger partial charge in [0.1, 0.15) is 12.4 Å². The van der Waals surface area contributed by atoms with Crippen LogP contribution in [0.1, 0.15) is 0 Å². The number of rotatable bonds is 5. The number of amides is 2. The number of β-amino-alcohol motifs (C(OH)–C–C–N with tert-alkyl or cyclic N) is 1. The molecule has 3 rings (SSSR count). The number of hydrogen-bond donors (Lipinski definition) is 3. The van der Waals surface area contributed by atoms with E-state index in [0.29, 0.717) is 32.0 Å². The maximum atomic E-state index is 11.1. The molecule has 0 radical (unpaired) electrons. The Kier molecular flexibility index (Phi) is 5.14. The number of ether oxygens (including phenoxy) is 2. The number of aliphatic hydroxyl groups is 1. The lowest BCUT2D eigenvalue weighted by atomic mass is 10.1. The highest BCUT2D eigenvalue weighted by atomic mass is 16.6. The van der Waals surface area contributed by atoms with E-state index >= 15 is 0 Å². The minimum atomic E-state index is -0.723. The summed E-state index contributed by atoms with van der Waals surface area (Å²) in [6.07, 6.45) is -0.723. The molecular formula is C17H21N3O4. The molecule has 1 fully saturated rings. The number of primary amides is 1. The van der Waals surface area contributed by atoms with Gasteiger partial charge in [-0.2, -0.15) is 0 Å². The zero-order chi connectivity index (χ0) is 16.9. The molecule has 2 amide bonds. The van der Waals surface area contributed by atoms with E-state index < -0.39 is 12.3 Å². The number of carbonyl (C=O) groups is 1. The largest absolute Gasteiger partial charge is 0.492 e. The number of nitrogens with zero attached hydrogens (tertiary/aromatic N) is 1. The van der Waals surface area contributed by atoms with Crippen LogP contribution in [0, 0.1) is 0 Å². The molecule has 2 aromatic rings. The van der Waals surface area contributed by atoms with Gasteiger partial charge in [-0.3, -0.25) is 4.90 Å². The Balaban J connectivity index is 1.69. The molecule has 0 aromatic heterocycles. The molecule has 1 aliphatic rings. The first-order chi connectivity index (χ1) is 11.6. The highest BCUT2D eigenvalue weighted by molar-refractivity contribution is 6.03. The van der Waals surface area contributed by atoms with Crippen LogP contribution in [0.3, 0.4) is 0 Å². The fraction of sp³-hybridized carbons (Fsp3) is 0.353. The summed E-state index contributed by atoms with van der Waals surface area (Å²) in [5.41, 5.74) is 5.86. The number of benzene rings is 2. The van der Waals surface area contributed by atoms with Crippen LogP contribution in [0.25, 0.3) is 10.8 Å². The van der Waals surface area contributed by atoms with E-state index in [1.807, 2.05) is 30.3 Å². The second-order valence-electron chi connectivity index (χ2n) is 5.62. The average molecular weight is 331 g/mol. The molecular weight excluding hydrogens is 310 g/mol. The number of aliphatic hydroxyl groups excluding tert-OH is 1. The molecule has 7 nitrogen and oxygen atoms in total. The van der Waals surface area contributed by atoms with Gasteiger partial charge in [-0.1, -0.05) is 24.3 Å². The van der Waals surface area contributed by atoms with Gasteiger partial charge in [0.25, 0.3) is 0 Å². The first kappa shape index (κ1) is 16.5. The molecule has 0 spiro atoms. The van der Waals surface area contributed by atoms with Gasteiger partial charge >= 0.3 is 6.03 Å². The predicted octanol–water partition coefficient (Wildman–Crippen LogP) is 1.36. The Morgan fingerprint density at radius 1 is 1.33 bits per heavy atom. The first-order valence-electron chi connectivity index (χ1n) is 7.86. The lowest BCUT2D eigenvalue weighted by Crippen LogP contribution is -2.43. The molecule has 0 aliphatic carbocycles. The highest BCUT2D eigenvalue weighted by Gasteiger charge is 2.17. The first-order valence-corrected chi connectivity index (χ1v) is 7.86. The van der Waals surface area contributed by atoms with Gasteiger partial charge in [0.05, 0.1) is 12.3 Å². The lowest BCUT2D eigenvalue weighted by molar-refractivity contribution is -0.146. The summed E-state index contributed by atoms with van der Waals surface area (Å²) >= 11 is 0. The molecule has 1 saturated heterocycles. The summed E-state index contributed by atoms with van der Waals surface area (Å²) in [6, 6.07) is 10.7. The zero-order valence-corrected chi connectivity index (χ0v) is 13.3. The fourth-order valence-corrected chi connectivity index (χ4v) is 2.81. The minimum absolute atomic E-state index is 0.492. The summed E-state index contributed by atoms with van der Waals surface area (Å²) in [5, 5.41) is 13.9. The van der Waals surface area contributed by atoms with Crippen LogP contribution in [0.5, 0.6) is 5.75 Å². The standard InChI is InChI=1S/C17H21N3O4/c18-17(22)19-14-5-6-15(13-4-2-1-3-12(13)14)23-9-7-20-8-10-24-16(21)11-20/h1-6,16,21H,7-11H2,(H3,18,19,22). The number of anilines is 1. The number of nitrogens with two attached hydrogens (primary N) is 1. The smallest absolute Gasteiger partial charge is 0.316 e. The molecule has 2 aromatic carbocycles. The van der Waals surface area contributed by atoms with Crippen molar-refractivity contribution in [2.24, 2.45) is 5.73 Å². The van der Waals surface area contributed by atoms with Crippen LogP contribution >= 0.6 is 0 Å². The van der Waals surface area contributed by atoms with Crippen LogP contribution in [-0.4, -0.2) is 55.2 Å². The monoisotopic (exact) mass is 331 g/mol. The molecule has 1 heterocycles. The highest BCUT2D eigenvalue weighted by Crippen LogP contribution is 2.31. The van der Waals surface area contributed by atoms with Gasteiger partial charge in [0.2, 0.25) is 0 Å². The van der Waals surface area contributed by atoms with Crippen molar-refractivity contribution >= 4 is 22.5 Å². The van der Waals surface area contributed by atoms with Crippen molar-refractivity contribution in [1.29, 1.82) is 0 Å². The summed E-state index contributed by atoms with van der Waals surface area (Å²) in [4.78, 5) is 13.2. The fourth-order valence-electron chi connectivity index (χ4n) is 2.81. The molecule has 128 valence electrons. The summed E-state index contributed by atoms with van der Waals surface area (Å²) in [5.74, 6) is 0.745. The van der Waals surface area contributed by atoms with E-state index in [0.717, 1.165) is 23.1 Å². The van der Waals surface area contributed by atoms with E-state index in [2.05, 4.69) is 10.2 Å². The maximum Gasteiger partial charge on any atom is 0.316 e. The second-order valence-corrected chi connectivity index (χ2v) is 5.62. The van der Waals surface area contributed by atoms with E-state index in [1.54, 1.807) is 6.07 Å². The Bertz CT molecular complexity index is 722. The molecule has 1 atom stereocenters. The number of urea groups is 1. The van der Waals surface area contributed by atoms with Gasteiger partial charge in [-0.25, -0.2) is 4.79 Å². The minimum Gasteiger partial charge on any atom is -0.492 e. The van der Waals surface area contributed by atoms with Crippen molar-refractivity contribution in [3.05, 3.63) is 36.4 Å². The predicted molar refractivity (Wildman–Crippen MR) is 91.0 cm³/mol. The van der Waals surface area contributed by atoms with Gasteiger partial charge in [-0.15, -0.1) is 0 Å². The Morgan fingerprint density at radius 3 is 2.88 bits per heavy atom. The van der Waals surface area contributed by atoms with Crippen molar-refractivity contribution in [1.82, 2.24) is 4.90 Å². The molecule has 7 heteroatoms. The van der Waals surface area contributed by atoms with Crippen molar-refractivity contribution in [3.63, 3.8) is 0 Å². The van der Waals surface area contributed by atoms with E-state index in [9.17, 15) is 9.90 Å². The average Bonchev–Trinajstić information content (AvgIpc) is 2.56. The van der Waals surface area contributed by atoms with Crippen LogP contribution in [0.4, 0.5) is 10.5 Å². The van der Waals surface area contributed by atoms with E-state index in [4.69, 9.17) is 15.2 Å². The van der Waals surface area contributed by atoms with Crippen LogP contribution in [0.15, 0.2) is 36.4 Å². The summed E-state index contributed by atoms with van der Waals surface area (Å²) in [7, 11) is 0. The SMILES string of the molecule is NC(=O)Nc1ccc(OCCN2CCOC(O)C2)c2ccccc12. The zero-order valence-electron chi connectivity index (χ0n) is 13.3. The van der Waals surface area contributed by atoms with Crippen LogP contribution < -0.4 is 15.8 Å². The molecule has 1 aliphatic heterocycles. The Morgan fingerprint density at radius 2 is 2.12 bits per heavy atom. The third-order valence-electron chi connectivity index (χ3n) is 3.94. The molecule has 0 saturated carbocycles. The van der Waals surface area contributed by atoms with Gasteiger partial charge in [0.15, 0.2) is 6.29 Å². The lowest BCUT2D eigenvalue weighted by Gasteiger charge is -2.29. The van der Waals surface area contributed by atoms with E-state index in [1.165, 1.54) is 0 Å². The molecule has 1 unspecified atom stereocenters. The normalized spacial score (nSPS) is 18.5. The van der Waals surface area contributed by atoms with Crippen molar-refractivity contribution in [2.75, 3.05) is 38.2 Å². The second kappa shape index (κ2) is 7.48. The van der Waals surface area contributed by atoms with E-state index in [-0.39, 0.29) is 0 Å². The van der Waals surface area contributed by atoms with Crippen molar-refractivity contribution in [3.8, 4) is 5.75 Å². The number of nitrogens with one attached hydrogen (secondary N) is 1. The number of hydrogen-bond acceptors (Lipinski definition) is 5. The quantitative estimate of drug-likeness (QED) is 0.769. The third kappa shape index (κ3) is 3.94. The van der Waals surface area contributed by atoms with Crippen molar-refractivity contribution in [2.45, 2.75) is 6.29 Å². The summed E-state index contributed by atoms with van der Waals surface area (Å²) in [6.45, 7) is 3.00. The Labute approximate surface area is 139 Å². The number of fused-ring (bicyclic) bond motifs is 1. The molecule has 24 heavy (non-hydrogen) atoms. The molecule has 0 bridgehead atoms. The van der Waals surface area contributed by atoms with Gasteiger partial charge < -0.3 is 25.6 Å². The van der Waals surface area contributed by atoms with Crippen LogP contribution in [-0.2, 0) is 4.74 Å². The van der Waals surface area contributed by atoms with Crippen LogP contribution in [0.2, 0.25) is 0 Å². The van der Waals surface area contributed by atoms with Crippen molar-refractivity contribution < 1.29 is 19.4 Å². The topological polar surface area (TPSA) is 97.1 Å². The third-order valence-corrected chi connectivity index (χ3v) is 3.94. The number of carbonyl (C=O) groups excluding carboxylic acids is 1.